The molecule has 0 amide bonds. The van der Waals surface area contributed by atoms with E-state index in [1.807, 2.05) is 6.92 Å². The molecule has 0 aliphatic carbocycles. The van der Waals surface area contributed by atoms with Crippen LogP contribution in [0.2, 0.25) is 0 Å². The summed E-state index contributed by atoms with van der Waals surface area (Å²) in [5, 5.41) is 9.02. The molecule has 0 aliphatic heterocycles. The van der Waals surface area contributed by atoms with Crippen LogP contribution >= 0.6 is 0 Å². The van der Waals surface area contributed by atoms with Crippen molar-refractivity contribution in [1.82, 2.24) is 0 Å². The van der Waals surface area contributed by atoms with E-state index in [9.17, 15) is 8.42 Å². The van der Waals surface area contributed by atoms with Gasteiger partial charge in [-0.2, -0.15) is 0 Å². The second kappa shape index (κ2) is 17.5. The van der Waals surface area contributed by atoms with Crippen molar-refractivity contribution < 1.29 is 95.1 Å². The predicted molar refractivity (Wildman–Crippen MR) is 68.5 cm³/mol. The van der Waals surface area contributed by atoms with E-state index in [1.165, 1.54) is 6.07 Å². The first-order valence-corrected chi connectivity index (χ1v) is 7.85. The molecule has 0 heterocycles. The van der Waals surface area contributed by atoms with Gasteiger partial charge in [0.25, 0.3) is 20.2 Å². The van der Waals surface area contributed by atoms with Crippen molar-refractivity contribution in [3.05, 3.63) is 23.8 Å². The van der Waals surface area contributed by atoms with Gasteiger partial charge in [0.2, 0.25) is 0 Å². The molecule has 2 atom stereocenters. The number of nitrogen functional groups attached to an aromatic ring is 1. The molecule has 0 saturated heterocycles. The maximum Gasteiger partial charge on any atom is 1.00 e. The van der Waals surface area contributed by atoms with Crippen LogP contribution in [0.3, 0.4) is 0 Å². The summed E-state index contributed by atoms with van der Waals surface area (Å²) < 4.78 is 59.0. The Hall–Kier alpha value is 1.11. The molecule has 0 aliphatic rings. The van der Waals surface area contributed by atoms with Gasteiger partial charge < -0.3 is 19.9 Å². The molecule has 0 saturated carbocycles. The first-order valence-electron chi connectivity index (χ1n) is 4.12. The average Bonchev–Trinajstić information content (AvgIpc) is 2.24. The minimum absolute atomic E-state index is 0. The Morgan fingerprint density at radius 2 is 1.38 bits per heavy atom. The SMILES string of the molecule is Cc1ccc(N)cc1O.O=S(O)S(=O)O.O=S([O-])[O-].[Na+].[Na+]. The van der Waals surface area contributed by atoms with E-state index in [0.29, 0.717) is 5.69 Å². The Balaban J connectivity index is -0.000000107. The zero-order valence-corrected chi connectivity index (χ0v) is 17.9. The van der Waals surface area contributed by atoms with Gasteiger partial charge in [-0.15, -0.1) is 11.4 Å². The molecule has 1 aromatic rings. The summed E-state index contributed by atoms with van der Waals surface area (Å²) in [4.78, 5) is 0. The second-order valence-electron chi connectivity index (χ2n) is 2.68. The van der Waals surface area contributed by atoms with Gasteiger partial charge in [-0.1, -0.05) is 6.07 Å². The van der Waals surface area contributed by atoms with E-state index in [-0.39, 0.29) is 64.9 Å². The van der Waals surface area contributed by atoms with Crippen LogP contribution in [0.4, 0.5) is 5.69 Å². The Labute approximate surface area is 172 Å². The monoisotopic (exact) mass is 379 g/mol. The van der Waals surface area contributed by atoms with Gasteiger partial charge in [0.05, 0.1) is 0 Å². The summed E-state index contributed by atoms with van der Waals surface area (Å²) in [5.74, 6) is 0.259. The molecule has 2 unspecified atom stereocenters. The molecule has 5 N–H and O–H groups in total. The molecule has 1 aromatic carbocycles. The zero-order chi connectivity index (χ0) is 15.6. The zero-order valence-electron chi connectivity index (χ0n) is 11.4. The number of hydrogen-bond acceptors (Lipinski definition) is 7. The van der Waals surface area contributed by atoms with Crippen LogP contribution in [0.25, 0.3) is 0 Å². The van der Waals surface area contributed by atoms with Gasteiger partial charge in [-0.3, -0.25) is 13.3 Å². The fourth-order valence-electron chi connectivity index (χ4n) is 0.626. The molecule has 112 valence electrons. The fraction of sp³-hybridized carbons (Fsp3) is 0.143. The second-order valence-corrected chi connectivity index (χ2v) is 5.67. The number of phenols is 1. The topological polar surface area (TPSA) is 184 Å². The van der Waals surface area contributed by atoms with Crippen LogP contribution in [-0.4, -0.2) is 35.9 Å². The van der Waals surface area contributed by atoms with Gasteiger partial charge in [0.15, 0.2) is 0 Å². The summed E-state index contributed by atoms with van der Waals surface area (Å²) in [5.41, 5.74) is 6.81. The van der Waals surface area contributed by atoms with E-state index in [4.69, 9.17) is 33.3 Å². The molecule has 14 heteroatoms. The van der Waals surface area contributed by atoms with Crippen molar-refractivity contribution >= 4 is 37.3 Å². The van der Waals surface area contributed by atoms with Gasteiger partial charge in [-0.05, 0) is 18.6 Å². The third-order valence-electron chi connectivity index (χ3n) is 1.36. The van der Waals surface area contributed by atoms with Crippen molar-refractivity contribution in [3.8, 4) is 5.75 Å². The summed E-state index contributed by atoms with van der Waals surface area (Å²) in [6, 6.07) is 5.08. The number of aryl methyl sites for hydroxylation is 1. The van der Waals surface area contributed by atoms with Gasteiger partial charge in [0, 0.05) is 11.8 Å². The molecule has 0 aromatic heterocycles. The number of nitrogens with two attached hydrogens (primary N) is 1. The normalized spacial score (nSPS) is 11.3. The summed E-state index contributed by atoms with van der Waals surface area (Å²) in [6.45, 7) is 1.83. The largest absolute Gasteiger partial charge is 1.00 e. The molecule has 9 nitrogen and oxygen atoms in total. The first kappa shape index (κ1) is 30.0. The Bertz CT molecular complexity index is 459. The van der Waals surface area contributed by atoms with Gasteiger partial charge in [-0.25, -0.2) is 8.42 Å². The average molecular weight is 379 g/mol. The minimum Gasteiger partial charge on any atom is -0.784 e. The maximum absolute atomic E-state index is 9.26. The quantitative estimate of drug-likeness (QED) is 0.159. The van der Waals surface area contributed by atoms with Crippen LogP contribution in [0.1, 0.15) is 5.56 Å². The Morgan fingerprint density at radius 1 is 1.05 bits per heavy atom. The van der Waals surface area contributed by atoms with E-state index in [1.54, 1.807) is 12.1 Å². The van der Waals surface area contributed by atoms with Crippen LogP contribution in [0.5, 0.6) is 5.75 Å². The number of rotatable bonds is 1. The molecule has 0 radical (unpaired) electrons. The smallest absolute Gasteiger partial charge is 0.784 e. The van der Waals surface area contributed by atoms with Crippen molar-refractivity contribution in [2.45, 2.75) is 6.92 Å². The third-order valence-corrected chi connectivity index (χ3v) is 2.33. The van der Waals surface area contributed by atoms with Crippen LogP contribution in [-0.2, 0) is 31.6 Å². The predicted octanol–water partition coefficient (Wildman–Crippen LogP) is -6.37. The van der Waals surface area contributed by atoms with Crippen LogP contribution in [0.15, 0.2) is 18.2 Å². The minimum atomic E-state index is -3.11. The number of phenolic OH excluding ortho intramolecular Hbond substituents is 1. The summed E-state index contributed by atoms with van der Waals surface area (Å²) >= 11 is -3.11. The van der Waals surface area contributed by atoms with Crippen LogP contribution < -0.4 is 64.8 Å². The standard InChI is InChI=1S/C7H9NO.2Na.H2O4S2.H2O3S/c1-5-2-3-6(8)4-7(5)9;;;1-5(2)6(3)4;1-4(2)3/h2-4,9H,8H2,1H3;;;(H,1,2)(H,3,4);(H2,1,2,3)/q;2*+1;;/p-2. The molecule has 21 heavy (non-hydrogen) atoms. The van der Waals surface area contributed by atoms with Crippen LogP contribution in [0, 0.1) is 6.92 Å². The molecule has 1 rings (SSSR count). The molecule has 0 fully saturated rings. The Kier molecular flexibility index (Phi) is 25.0. The number of hydrogen-bond donors (Lipinski definition) is 4. The van der Waals surface area contributed by atoms with E-state index < -0.39 is 31.6 Å². The maximum atomic E-state index is 9.26. The molecular formula is C7H11NNa2O8S3. The number of aromatic hydroxyl groups is 1. The van der Waals surface area contributed by atoms with Crippen molar-refractivity contribution in [1.29, 1.82) is 0 Å². The molecule has 0 spiro atoms. The summed E-state index contributed by atoms with van der Waals surface area (Å²) in [7, 11) is -5.18. The van der Waals surface area contributed by atoms with Crippen molar-refractivity contribution in [2.24, 2.45) is 0 Å². The van der Waals surface area contributed by atoms with Crippen molar-refractivity contribution in [3.63, 3.8) is 0 Å². The van der Waals surface area contributed by atoms with E-state index >= 15 is 0 Å². The first-order chi connectivity index (χ1) is 8.57. The third kappa shape index (κ3) is 23.5. The van der Waals surface area contributed by atoms with E-state index in [0.717, 1.165) is 5.56 Å². The molecular weight excluding hydrogens is 368 g/mol. The number of anilines is 1. The van der Waals surface area contributed by atoms with Gasteiger partial charge in [0.1, 0.15) is 5.75 Å². The van der Waals surface area contributed by atoms with Crippen molar-refractivity contribution in [2.75, 3.05) is 5.73 Å². The Morgan fingerprint density at radius 3 is 1.57 bits per heavy atom. The summed E-state index contributed by atoms with van der Waals surface area (Å²) in [6.07, 6.45) is 0. The fourth-order valence-corrected chi connectivity index (χ4v) is 0.626. The molecule has 0 bridgehead atoms. The van der Waals surface area contributed by atoms with E-state index in [2.05, 4.69) is 0 Å². The van der Waals surface area contributed by atoms with Gasteiger partial charge >= 0.3 is 59.1 Å². The number of benzene rings is 1.